The summed E-state index contributed by atoms with van der Waals surface area (Å²) in [6.45, 7) is 2.24. The summed E-state index contributed by atoms with van der Waals surface area (Å²) in [6.07, 6.45) is 3.53. The topological polar surface area (TPSA) is 65.8 Å². The van der Waals surface area contributed by atoms with E-state index in [1.807, 2.05) is 18.2 Å². The Kier molecular flexibility index (Phi) is 8.71. The molecule has 36 heavy (non-hydrogen) atoms. The molecule has 2 aromatic carbocycles. The van der Waals surface area contributed by atoms with Crippen molar-refractivity contribution in [2.24, 2.45) is 5.41 Å². The number of ether oxygens (including phenoxy) is 1. The molecule has 5 nitrogen and oxygen atoms in total. The number of likely N-dealkylation sites (tertiary alicyclic amines) is 1. The second-order valence-corrected chi connectivity index (χ2v) is 10.1. The maximum absolute atomic E-state index is 13.3. The summed E-state index contributed by atoms with van der Waals surface area (Å²) in [4.78, 5) is 6.60. The second-order valence-electron chi connectivity index (χ2n) is 9.32. The normalized spacial score (nSPS) is 16.4. The van der Waals surface area contributed by atoms with Crippen LogP contribution in [0.1, 0.15) is 42.9 Å². The van der Waals surface area contributed by atoms with Crippen LogP contribution in [0.15, 0.2) is 42.6 Å². The van der Waals surface area contributed by atoms with Gasteiger partial charge in [0.2, 0.25) is 0 Å². The van der Waals surface area contributed by atoms with Crippen LogP contribution >= 0.6 is 23.2 Å². The third-order valence-corrected chi connectivity index (χ3v) is 7.65. The first-order valence-electron chi connectivity index (χ1n) is 11.9. The molecule has 1 fully saturated rings. The van der Waals surface area contributed by atoms with Gasteiger partial charge in [-0.25, -0.2) is 4.39 Å². The molecule has 1 aliphatic rings. The molecule has 0 spiro atoms. The maximum atomic E-state index is 13.3. The molecule has 0 amide bonds. The number of fused-ring (bicyclic) bond motifs is 1. The lowest BCUT2D eigenvalue weighted by Gasteiger charge is -2.40. The SMILES string of the molecule is COc1ccc2ncc(Cl)c(C(O)CCC3(CO)CCN(CC#Cc4ccc(F)c(Cl)c4)CC3)c2c1. The summed E-state index contributed by atoms with van der Waals surface area (Å²) in [5.41, 5.74) is 1.80. The first-order valence-corrected chi connectivity index (χ1v) is 12.7. The largest absolute Gasteiger partial charge is 0.497 e. The Bertz CT molecular complexity index is 1280. The van der Waals surface area contributed by atoms with Crippen molar-refractivity contribution in [3.63, 3.8) is 0 Å². The average Bonchev–Trinajstić information content (AvgIpc) is 2.89. The number of rotatable bonds is 7. The van der Waals surface area contributed by atoms with E-state index in [0.29, 0.717) is 41.3 Å². The van der Waals surface area contributed by atoms with Crippen LogP contribution in [0.5, 0.6) is 5.75 Å². The second kappa shape index (κ2) is 11.8. The minimum atomic E-state index is -0.787. The maximum Gasteiger partial charge on any atom is 0.141 e. The van der Waals surface area contributed by atoms with Crippen LogP contribution in [-0.2, 0) is 0 Å². The molecule has 1 unspecified atom stereocenters. The van der Waals surface area contributed by atoms with Crippen molar-refractivity contribution < 1.29 is 19.3 Å². The minimum Gasteiger partial charge on any atom is -0.497 e. The van der Waals surface area contributed by atoms with Gasteiger partial charge in [-0.1, -0.05) is 35.0 Å². The third-order valence-electron chi connectivity index (χ3n) is 7.06. The minimum absolute atomic E-state index is 0.0615. The molecule has 0 radical (unpaired) electrons. The molecule has 2 heterocycles. The molecule has 1 aliphatic heterocycles. The molecular formula is C28H29Cl2FN2O3. The molecule has 4 rings (SSSR count). The van der Waals surface area contributed by atoms with E-state index in [1.165, 1.54) is 12.1 Å². The molecule has 2 N–H and O–H groups in total. The summed E-state index contributed by atoms with van der Waals surface area (Å²) >= 11 is 12.3. The summed E-state index contributed by atoms with van der Waals surface area (Å²) < 4.78 is 18.6. The summed E-state index contributed by atoms with van der Waals surface area (Å²) in [5, 5.41) is 22.6. The molecule has 1 atom stereocenters. The lowest BCUT2D eigenvalue weighted by Crippen LogP contribution is -2.42. The first-order chi connectivity index (χ1) is 17.3. The van der Waals surface area contributed by atoms with E-state index in [0.717, 1.165) is 36.8 Å². The van der Waals surface area contributed by atoms with Crippen molar-refractivity contribution in [1.82, 2.24) is 9.88 Å². The molecule has 8 heteroatoms. The van der Waals surface area contributed by atoms with Gasteiger partial charge < -0.3 is 14.9 Å². The van der Waals surface area contributed by atoms with Crippen LogP contribution in [0.2, 0.25) is 10.0 Å². The smallest absolute Gasteiger partial charge is 0.141 e. The van der Waals surface area contributed by atoms with Crippen LogP contribution in [-0.4, -0.2) is 53.4 Å². The zero-order valence-electron chi connectivity index (χ0n) is 20.1. The molecule has 1 saturated heterocycles. The Hall–Kier alpha value is -2.40. The Morgan fingerprint density at radius 1 is 1.17 bits per heavy atom. The average molecular weight is 531 g/mol. The van der Waals surface area contributed by atoms with Crippen LogP contribution in [0.4, 0.5) is 4.39 Å². The van der Waals surface area contributed by atoms with Crippen LogP contribution in [0.3, 0.4) is 0 Å². The number of aromatic nitrogens is 1. The number of pyridine rings is 1. The standard InChI is InChI=1S/C28H29Cl2FN2O3/c1-36-20-5-7-25-21(16-20)27(23(30)17-32-25)26(35)8-9-28(18-34)10-13-33(14-11-28)12-2-3-19-4-6-24(31)22(29)15-19/h4-7,15-17,26,34-35H,8-14,18H2,1H3. The van der Waals surface area contributed by atoms with Gasteiger partial charge in [-0.15, -0.1) is 0 Å². The van der Waals surface area contributed by atoms with Gasteiger partial charge in [0.15, 0.2) is 0 Å². The van der Waals surface area contributed by atoms with E-state index in [9.17, 15) is 14.6 Å². The zero-order chi connectivity index (χ0) is 25.7. The van der Waals surface area contributed by atoms with Gasteiger partial charge in [-0.3, -0.25) is 9.88 Å². The molecule has 0 saturated carbocycles. The highest BCUT2D eigenvalue weighted by atomic mass is 35.5. The van der Waals surface area contributed by atoms with Crippen molar-refractivity contribution >= 4 is 34.1 Å². The fraction of sp³-hybridized carbons (Fsp3) is 0.393. The Labute approximate surface area is 220 Å². The third kappa shape index (κ3) is 6.11. The van der Waals surface area contributed by atoms with E-state index >= 15 is 0 Å². The monoisotopic (exact) mass is 530 g/mol. The Morgan fingerprint density at radius 3 is 2.64 bits per heavy atom. The van der Waals surface area contributed by atoms with Crippen molar-refractivity contribution in [2.45, 2.75) is 31.8 Å². The number of piperidine rings is 1. The van der Waals surface area contributed by atoms with Gasteiger partial charge in [-0.2, -0.15) is 0 Å². The van der Waals surface area contributed by atoms with Gasteiger partial charge in [-0.05, 0) is 80.6 Å². The lowest BCUT2D eigenvalue weighted by molar-refractivity contribution is 0.0273. The summed E-state index contributed by atoms with van der Waals surface area (Å²) in [5.74, 6) is 6.37. The van der Waals surface area contributed by atoms with Crippen molar-refractivity contribution in [3.8, 4) is 17.6 Å². The number of hydrogen-bond acceptors (Lipinski definition) is 5. The molecule has 0 bridgehead atoms. The van der Waals surface area contributed by atoms with Gasteiger partial charge in [0.05, 0.1) is 35.3 Å². The van der Waals surface area contributed by atoms with Gasteiger partial charge in [0, 0.05) is 29.3 Å². The van der Waals surface area contributed by atoms with Crippen LogP contribution in [0, 0.1) is 23.1 Å². The number of halogens is 3. The number of aliphatic hydroxyl groups is 2. The van der Waals surface area contributed by atoms with Crippen molar-refractivity contribution in [3.05, 3.63) is 69.6 Å². The number of benzene rings is 2. The van der Waals surface area contributed by atoms with E-state index < -0.39 is 11.9 Å². The fourth-order valence-electron chi connectivity index (χ4n) is 4.72. The van der Waals surface area contributed by atoms with Gasteiger partial charge in [0.1, 0.15) is 11.6 Å². The lowest BCUT2D eigenvalue weighted by atomic mass is 9.74. The van der Waals surface area contributed by atoms with E-state index in [-0.39, 0.29) is 17.0 Å². The molecule has 190 valence electrons. The van der Waals surface area contributed by atoms with Crippen LogP contribution in [0.25, 0.3) is 10.9 Å². The van der Waals surface area contributed by atoms with E-state index in [4.69, 9.17) is 27.9 Å². The molecular weight excluding hydrogens is 502 g/mol. The van der Waals surface area contributed by atoms with Crippen LogP contribution < -0.4 is 4.74 Å². The zero-order valence-corrected chi connectivity index (χ0v) is 21.6. The number of hydrogen-bond donors (Lipinski definition) is 2. The predicted molar refractivity (Wildman–Crippen MR) is 141 cm³/mol. The van der Waals surface area contributed by atoms with Gasteiger partial charge >= 0.3 is 0 Å². The Morgan fingerprint density at radius 2 is 1.94 bits per heavy atom. The highest BCUT2D eigenvalue weighted by Crippen LogP contribution is 2.40. The van der Waals surface area contributed by atoms with E-state index in [1.54, 1.807) is 19.4 Å². The highest BCUT2D eigenvalue weighted by Gasteiger charge is 2.34. The molecule has 0 aliphatic carbocycles. The number of methoxy groups -OCH3 is 1. The fourth-order valence-corrected chi connectivity index (χ4v) is 5.18. The summed E-state index contributed by atoms with van der Waals surface area (Å²) in [6, 6.07) is 9.97. The predicted octanol–water partition coefficient (Wildman–Crippen LogP) is 5.63. The van der Waals surface area contributed by atoms with Crippen molar-refractivity contribution in [2.75, 3.05) is 33.4 Å². The molecule has 3 aromatic rings. The van der Waals surface area contributed by atoms with Crippen molar-refractivity contribution in [1.29, 1.82) is 0 Å². The Balaban J connectivity index is 1.37. The quantitative estimate of drug-likeness (QED) is 0.387. The number of aliphatic hydroxyl groups excluding tert-OH is 2. The van der Waals surface area contributed by atoms with E-state index in [2.05, 4.69) is 21.7 Å². The van der Waals surface area contributed by atoms with Gasteiger partial charge in [0.25, 0.3) is 0 Å². The highest BCUT2D eigenvalue weighted by molar-refractivity contribution is 6.32. The first kappa shape index (κ1) is 26.7. The summed E-state index contributed by atoms with van der Waals surface area (Å²) in [7, 11) is 1.59. The number of nitrogens with zero attached hydrogens (tertiary/aromatic N) is 2. The molecule has 1 aromatic heterocycles.